The van der Waals surface area contributed by atoms with Crippen molar-refractivity contribution in [3.05, 3.63) is 47.6 Å². The van der Waals surface area contributed by atoms with Crippen LogP contribution < -0.4 is 5.73 Å². The van der Waals surface area contributed by atoms with Gasteiger partial charge in [0.15, 0.2) is 5.82 Å². The lowest BCUT2D eigenvalue weighted by Crippen LogP contribution is -2.28. The first-order valence-corrected chi connectivity index (χ1v) is 7.49. The zero-order valence-corrected chi connectivity index (χ0v) is 12.6. The van der Waals surface area contributed by atoms with Crippen LogP contribution in [0.25, 0.3) is 0 Å². The highest BCUT2D eigenvalue weighted by Crippen LogP contribution is 2.27. The van der Waals surface area contributed by atoms with Crippen LogP contribution in [-0.4, -0.2) is 34.2 Å². The molecule has 2 N–H and O–H groups in total. The van der Waals surface area contributed by atoms with Crippen LogP contribution in [0.15, 0.2) is 34.9 Å². The molecule has 112 valence electrons. The predicted octanol–water partition coefficient (Wildman–Crippen LogP) is 2.12. The summed E-state index contributed by atoms with van der Waals surface area (Å²) in [5.74, 6) is 2.12. The molecule has 0 unspecified atom stereocenters. The van der Waals surface area contributed by atoms with Crippen LogP contribution >= 0.6 is 0 Å². The number of rotatable bonds is 4. The van der Waals surface area contributed by atoms with Crippen molar-refractivity contribution in [1.29, 1.82) is 0 Å². The lowest BCUT2D eigenvalue weighted by Gasteiger charge is -2.14. The molecule has 0 radical (unpaired) electrons. The molecule has 1 saturated heterocycles. The Labute approximate surface area is 125 Å². The maximum absolute atomic E-state index is 6.30. The first-order valence-electron chi connectivity index (χ1n) is 7.49. The number of likely N-dealkylation sites (tertiary alicyclic amines) is 1. The summed E-state index contributed by atoms with van der Waals surface area (Å²) in [7, 11) is 0. The molecular formula is C16H22N4O. The van der Waals surface area contributed by atoms with E-state index in [2.05, 4.69) is 53.2 Å². The van der Waals surface area contributed by atoms with Gasteiger partial charge in [0.05, 0.1) is 6.54 Å². The molecule has 5 heteroatoms. The van der Waals surface area contributed by atoms with Crippen molar-refractivity contribution in [2.24, 2.45) is 5.73 Å². The molecule has 1 aliphatic heterocycles. The minimum Gasteiger partial charge on any atom is -0.338 e. The van der Waals surface area contributed by atoms with Crippen molar-refractivity contribution in [2.75, 3.05) is 13.1 Å². The highest BCUT2D eigenvalue weighted by Gasteiger charge is 2.32. The average Bonchev–Trinajstić information content (AvgIpc) is 3.07. The fourth-order valence-electron chi connectivity index (χ4n) is 2.85. The Kier molecular flexibility index (Phi) is 4.03. The molecule has 2 atom stereocenters. The van der Waals surface area contributed by atoms with Crippen molar-refractivity contribution >= 4 is 0 Å². The molecule has 1 aliphatic rings. The van der Waals surface area contributed by atoms with Gasteiger partial charge in [-0.25, -0.2) is 0 Å². The summed E-state index contributed by atoms with van der Waals surface area (Å²) in [5, 5.41) is 4.01. The van der Waals surface area contributed by atoms with Crippen molar-refractivity contribution in [2.45, 2.75) is 38.3 Å². The fourth-order valence-corrected chi connectivity index (χ4v) is 2.85. The molecule has 5 nitrogen and oxygen atoms in total. The molecule has 1 aromatic heterocycles. The number of nitrogens with two attached hydrogens (primary N) is 1. The third kappa shape index (κ3) is 3.14. The topological polar surface area (TPSA) is 68.2 Å². The van der Waals surface area contributed by atoms with E-state index >= 15 is 0 Å². The van der Waals surface area contributed by atoms with Crippen molar-refractivity contribution in [3.63, 3.8) is 0 Å². The van der Waals surface area contributed by atoms with E-state index < -0.39 is 0 Å². The monoisotopic (exact) mass is 286 g/mol. The molecule has 0 saturated carbocycles. The number of aromatic nitrogens is 2. The third-order valence-electron chi connectivity index (χ3n) is 4.03. The van der Waals surface area contributed by atoms with Gasteiger partial charge in [0.2, 0.25) is 5.89 Å². The van der Waals surface area contributed by atoms with Crippen LogP contribution in [0.1, 0.15) is 43.0 Å². The molecule has 0 amide bonds. The summed E-state index contributed by atoms with van der Waals surface area (Å²) in [6.45, 7) is 6.60. The predicted molar refractivity (Wildman–Crippen MR) is 80.8 cm³/mol. The largest absolute Gasteiger partial charge is 0.338 e. The van der Waals surface area contributed by atoms with Crippen molar-refractivity contribution < 1.29 is 4.52 Å². The minimum atomic E-state index is 0.153. The van der Waals surface area contributed by atoms with Crippen LogP contribution in [-0.2, 0) is 6.54 Å². The van der Waals surface area contributed by atoms with Crippen LogP contribution in [0.3, 0.4) is 0 Å². The Bertz CT molecular complexity index is 581. The van der Waals surface area contributed by atoms with Gasteiger partial charge in [-0.05, 0) is 5.56 Å². The first-order chi connectivity index (χ1) is 10.1. The summed E-state index contributed by atoms with van der Waals surface area (Å²) in [6, 6.07) is 10.6. The minimum absolute atomic E-state index is 0.153. The highest BCUT2D eigenvalue weighted by molar-refractivity contribution is 5.23. The summed E-state index contributed by atoms with van der Waals surface area (Å²) in [4.78, 5) is 6.73. The van der Waals surface area contributed by atoms with Gasteiger partial charge in [-0.15, -0.1) is 0 Å². The van der Waals surface area contributed by atoms with E-state index in [1.165, 1.54) is 5.56 Å². The van der Waals surface area contributed by atoms with Crippen LogP contribution in [0.4, 0.5) is 0 Å². The van der Waals surface area contributed by atoms with Gasteiger partial charge in [0.25, 0.3) is 0 Å². The summed E-state index contributed by atoms with van der Waals surface area (Å²) < 4.78 is 5.32. The first kappa shape index (κ1) is 14.2. The Morgan fingerprint density at radius 2 is 2.05 bits per heavy atom. The average molecular weight is 286 g/mol. The standard InChI is InChI=1S/C16H22N4O/c1-11(2)16-18-15(21-19-16)10-20-8-13(14(17)9-20)12-6-4-3-5-7-12/h3-7,11,13-14H,8-10,17H2,1-2H3/t13-,14+/m0/s1. The second-order valence-corrected chi connectivity index (χ2v) is 6.08. The lowest BCUT2D eigenvalue weighted by atomic mass is 9.95. The molecule has 0 aliphatic carbocycles. The van der Waals surface area contributed by atoms with Gasteiger partial charge in [-0.2, -0.15) is 4.98 Å². The van der Waals surface area contributed by atoms with E-state index in [0.29, 0.717) is 24.3 Å². The van der Waals surface area contributed by atoms with E-state index in [1.54, 1.807) is 0 Å². The van der Waals surface area contributed by atoms with Gasteiger partial charge in [-0.1, -0.05) is 49.3 Å². The van der Waals surface area contributed by atoms with Crippen molar-refractivity contribution in [1.82, 2.24) is 15.0 Å². The maximum Gasteiger partial charge on any atom is 0.240 e. The third-order valence-corrected chi connectivity index (χ3v) is 4.03. The number of hydrogen-bond acceptors (Lipinski definition) is 5. The second-order valence-electron chi connectivity index (χ2n) is 6.08. The highest BCUT2D eigenvalue weighted by atomic mass is 16.5. The summed E-state index contributed by atoms with van der Waals surface area (Å²) >= 11 is 0. The molecule has 1 fully saturated rings. The number of nitrogens with zero attached hydrogens (tertiary/aromatic N) is 3. The van der Waals surface area contributed by atoms with E-state index in [4.69, 9.17) is 10.3 Å². The summed E-state index contributed by atoms with van der Waals surface area (Å²) in [6.07, 6.45) is 0. The van der Waals surface area contributed by atoms with Crippen LogP contribution in [0.5, 0.6) is 0 Å². The van der Waals surface area contributed by atoms with Gasteiger partial charge >= 0.3 is 0 Å². The Balaban J connectivity index is 1.65. The lowest BCUT2D eigenvalue weighted by molar-refractivity contribution is 0.263. The van der Waals surface area contributed by atoms with Gasteiger partial charge in [-0.3, -0.25) is 4.90 Å². The Morgan fingerprint density at radius 1 is 1.29 bits per heavy atom. The quantitative estimate of drug-likeness (QED) is 0.932. The molecule has 0 spiro atoms. The summed E-state index contributed by atoms with van der Waals surface area (Å²) in [5.41, 5.74) is 7.61. The number of hydrogen-bond donors (Lipinski definition) is 1. The van der Waals surface area contributed by atoms with Gasteiger partial charge in [0.1, 0.15) is 0 Å². The van der Waals surface area contributed by atoms with E-state index in [1.807, 2.05) is 6.07 Å². The van der Waals surface area contributed by atoms with Crippen LogP contribution in [0, 0.1) is 0 Å². The normalized spacial score (nSPS) is 23.0. The maximum atomic E-state index is 6.30. The zero-order chi connectivity index (χ0) is 14.8. The zero-order valence-electron chi connectivity index (χ0n) is 12.6. The Hall–Kier alpha value is -1.72. The molecule has 21 heavy (non-hydrogen) atoms. The van der Waals surface area contributed by atoms with Gasteiger partial charge < -0.3 is 10.3 Å². The van der Waals surface area contributed by atoms with E-state index in [0.717, 1.165) is 18.9 Å². The smallest absolute Gasteiger partial charge is 0.240 e. The molecule has 2 heterocycles. The molecule has 0 bridgehead atoms. The van der Waals surface area contributed by atoms with Crippen LogP contribution in [0.2, 0.25) is 0 Å². The molecule has 2 aromatic rings. The van der Waals surface area contributed by atoms with E-state index in [9.17, 15) is 0 Å². The fraction of sp³-hybridized carbons (Fsp3) is 0.500. The number of benzene rings is 1. The molecule has 3 rings (SSSR count). The SMILES string of the molecule is CC(C)c1noc(CN2C[C@@H](N)[C@H](c3ccccc3)C2)n1. The Morgan fingerprint density at radius 3 is 2.71 bits per heavy atom. The second kappa shape index (κ2) is 5.95. The van der Waals surface area contributed by atoms with Crippen molar-refractivity contribution in [3.8, 4) is 0 Å². The van der Waals surface area contributed by atoms with E-state index in [-0.39, 0.29) is 6.04 Å². The molecular weight excluding hydrogens is 264 g/mol. The molecule has 1 aromatic carbocycles. The van der Waals surface area contributed by atoms with Gasteiger partial charge in [0, 0.05) is 31.0 Å².